The van der Waals surface area contributed by atoms with Crippen molar-refractivity contribution < 1.29 is 9.53 Å². The van der Waals surface area contributed by atoms with Gasteiger partial charge in [0.2, 0.25) is 0 Å². The van der Waals surface area contributed by atoms with Crippen LogP contribution in [0.1, 0.15) is 11.1 Å². The van der Waals surface area contributed by atoms with Gasteiger partial charge in [0, 0.05) is 16.2 Å². The van der Waals surface area contributed by atoms with E-state index in [2.05, 4.69) is 31.4 Å². The summed E-state index contributed by atoms with van der Waals surface area (Å²) in [4.78, 5) is 22.0. The summed E-state index contributed by atoms with van der Waals surface area (Å²) >= 11 is 3.49. The number of pyridine rings is 1. The molecule has 5 rings (SSSR count). The summed E-state index contributed by atoms with van der Waals surface area (Å²) < 4.78 is 8.71. The zero-order valence-electron chi connectivity index (χ0n) is 19.2. The predicted molar refractivity (Wildman–Crippen MR) is 144 cm³/mol. The predicted octanol–water partition coefficient (Wildman–Crippen LogP) is 5.59. The molecule has 3 aromatic carbocycles. The summed E-state index contributed by atoms with van der Waals surface area (Å²) in [6, 6.07) is 28.9. The lowest BCUT2D eigenvalue weighted by Crippen LogP contribution is -2.23. The quantitative estimate of drug-likeness (QED) is 0.206. The third kappa shape index (κ3) is 5.50. The highest BCUT2D eigenvalue weighted by atomic mass is 79.9. The third-order valence-electron chi connectivity index (χ3n) is 5.45. The molecule has 2 aromatic heterocycles. The van der Waals surface area contributed by atoms with E-state index < -0.39 is 0 Å². The van der Waals surface area contributed by atoms with Crippen LogP contribution in [-0.2, 0) is 17.9 Å². The standard InChI is InChI=1S/C28H22BrN5O2/c29-22-13-14-26(36-19-20-8-2-1-3-9-20)21(16-22)17-31-33-27(35)18-34-25-12-5-4-10-23(25)32-28(34)24-11-6-7-15-30-24/h1-17H,18-19H2,(H,33,35). The van der Waals surface area contributed by atoms with Gasteiger partial charge >= 0.3 is 0 Å². The number of hydrogen-bond donors (Lipinski definition) is 1. The number of ether oxygens (including phenoxy) is 1. The first-order chi connectivity index (χ1) is 17.7. The molecule has 36 heavy (non-hydrogen) atoms. The van der Waals surface area contributed by atoms with Crippen molar-refractivity contribution in [1.82, 2.24) is 20.0 Å². The summed E-state index contributed by atoms with van der Waals surface area (Å²) in [7, 11) is 0. The number of nitrogens with zero attached hydrogens (tertiary/aromatic N) is 4. The van der Waals surface area contributed by atoms with Crippen LogP contribution in [0.15, 0.2) is 107 Å². The maximum Gasteiger partial charge on any atom is 0.260 e. The number of carbonyl (C=O) groups excluding carboxylic acids is 1. The van der Waals surface area contributed by atoms with Crippen molar-refractivity contribution in [2.45, 2.75) is 13.2 Å². The van der Waals surface area contributed by atoms with Crippen molar-refractivity contribution in [2.24, 2.45) is 5.10 Å². The molecule has 8 heteroatoms. The molecule has 0 fully saturated rings. The van der Waals surface area contributed by atoms with Gasteiger partial charge in [0.05, 0.1) is 17.2 Å². The van der Waals surface area contributed by atoms with Gasteiger partial charge in [0.15, 0.2) is 5.82 Å². The second-order valence-corrected chi connectivity index (χ2v) is 8.89. The summed E-state index contributed by atoms with van der Waals surface area (Å²) in [6.45, 7) is 0.472. The third-order valence-corrected chi connectivity index (χ3v) is 5.95. The molecule has 0 bridgehead atoms. The van der Waals surface area contributed by atoms with E-state index >= 15 is 0 Å². The largest absolute Gasteiger partial charge is 0.488 e. The normalized spacial score (nSPS) is 11.1. The molecule has 0 atom stereocenters. The summed E-state index contributed by atoms with van der Waals surface area (Å²) in [5.41, 5.74) is 6.76. The Labute approximate surface area is 216 Å². The summed E-state index contributed by atoms with van der Waals surface area (Å²) in [6.07, 6.45) is 3.29. The molecule has 7 nitrogen and oxygen atoms in total. The van der Waals surface area contributed by atoms with Crippen LogP contribution >= 0.6 is 15.9 Å². The first-order valence-corrected chi connectivity index (χ1v) is 12.1. The molecular formula is C28H22BrN5O2. The number of nitrogens with one attached hydrogen (secondary N) is 1. The molecule has 1 N–H and O–H groups in total. The average Bonchev–Trinajstić information content (AvgIpc) is 3.27. The number of aromatic nitrogens is 3. The maximum atomic E-state index is 12.9. The van der Waals surface area contributed by atoms with Gasteiger partial charge in [-0.25, -0.2) is 10.4 Å². The molecule has 5 aromatic rings. The zero-order chi connectivity index (χ0) is 24.7. The van der Waals surface area contributed by atoms with E-state index in [1.165, 1.54) is 0 Å². The van der Waals surface area contributed by atoms with Crippen LogP contribution in [0.25, 0.3) is 22.6 Å². The lowest BCUT2D eigenvalue weighted by molar-refractivity contribution is -0.121. The lowest BCUT2D eigenvalue weighted by Gasteiger charge is -2.10. The Bertz CT molecular complexity index is 1520. The smallest absolute Gasteiger partial charge is 0.260 e. The van der Waals surface area contributed by atoms with Crippen molar-refractivity contribution in [3.63, 3.8) is 0 Å². The van der Waals surface area contributed by atoms with E-state index in [9.17, 15) is 4.79 Å². The fourth-order valence-electron chi connectivity index (χ4n) is 3.77. The van der Waals surface area contributed by atoms with Gasteiger partial charge in [-0.05, 0) is 48.0 Å². The molecule has 1 amide bonds. The monoisotopic (exact) mass is 539 g/mol. The van der Waals surface area contributed by atoms with Gasteiger partial charge in [-0.2, -0.15) is 5.10 Å². The molecule has 2 heterocycles. The minimum absolute atomic E-state index is 0.0413. The SMILES string of the molecule is O=C(Cn1c(-c2ccccn2)nc2ccccc21)NN=Cc1cc(Br)ccc1OCc1ccccc1. The Balaban J connectivity index is 1.32. The molecule has 0 spiro atoms. The maximum absolute atomic E-state index is 12.9. The fraction of sp³-hybridized carbons (Fsp3) is 0.0714. The van der Waals surface area contributed by atoms with Crippen molar-refractivity contribution >= 4 is 39.1 Å². The average molecular weight is 540 g/mol. The van der Waals surface area contributed by atoms with Crippen LogP contribution in [0.3, 0.4) is 0 Å². The van der Waals surface area contributed by atoms with Gasteiger partial charge in [-0.3, -0.25) is 9.78 Å². The second kappa shape index (κ2) is 11.0. The number of amides is 1. The number of carbonyl (C=O) groups is 1. The molecule has 0 aliphatic rings. The highest BCUT2D eigenvalue weighted by Gasteiger charge is 2.15. The summed E-state index contributed by atoms with van der Waals surface area (Å²) in [5, 5.41) is 4.19. The van der Waals surface area contributed by atoms with Crippen molar-refractivity contribution in [3.05, 3.63) is 113 Å². The van der Waals surface area contributed by atoms with Crippen molar-refractivity contribution in [1.29, 1.82) is 0 Å². The Morgan fingerprint density at radius 1 is 1.00 bits per heavy atom. The van der Waals surface area contributed by atoms with Gasteiger partial charge in [-0.1, -0.05) is 64.5 Å². The van der Waals surface area contributed by atoms with Crippen LogP contribution in [0, 0.1) is 0 Å². The number of para-hydroxylation sites is 2. The van der Waals surface area contributed by atoms with Crippen LogP contribution in [-0.4, -0.2) is 26.7 Å². The van der Waals surface area contributed by atoms with Crippen LogP contribution in [0.2, 0.25) is 0 Å². The van der Waals surface area contributed by atoms with Gasteiger partial charge < -0.3 is 9.30 Å². The minimum atomic E-state index is -0.284. The van der Waals surface area contributed by atoms with E-state index in [1.807, 2.05) is 95.6 Å². The topological polar surface area (TPSA) is 81.4 Å². The number of hydrogen-bond acceptors (Lipinski definition) is 5. The first kappa shape index (κ1) is 23.4. The Kier molecular flexibility index (Phi) is 7.14. The molecule has 0 aliphatic heterocycles. The molecular weight excluding hydrogens is 518 g/mol. The first-order valence-electron chi connectivity index (χ1n) is 11.3. The van der Waals surface area contributed by atoms with Crippen LogP contribution in [0.4, 0.5) is 0 Å². The van der Waals surface area contributed by atoms with E-state index in [1.54, 1.807) is 12.4 Å². The van der Waals surface area contributed by atoms with E-state index in [0.717, 1.165) is 26.6 Å². The minimum Gasteiger partial charge on any atom is -0.488 e. The zero-order valence-corrected chi connectivity index (χ0v) is 20.8. The Morgan fingerprint density at radius 2 is 1.81 bits per heavy atom. The number of halogens is 1. The number of hydrazone groups is 1. The van der Waals surface area contributed by atoms with Gasteiger partial charge in [0.1, 0.15) is 24.6 Å². The highest BCUT2D eigenvalue weighted by molar-refractivity contribution is 9.10. The Morgan fingerprint density at radius 3 is 2.64 bits per heavy atom. The highest BCUT2D eigenvalue weighted by Crippen LogP contribution is 2.24. The second-order valence-electron chi connectivity index (χ2n) is 7.97. The van der Waals surface area contributed by atoms with Crippen molar-refractivity contribution in [3.8, 4) is 17.3 Å². The fourth-order valence-corrected chi connectivity index (χ4v) is 4.14. The molecule has 0 unspecified atom stereocenters. The molecule has 0 saturated carbocycles. The van der Waals surface area contributed by atoms with Crippen LogP contribution < -0.4 is 10.2 Å². The lowest BCUT2D eigenvalue weighted by atomic mass is 10.2. The number of fused-ring (bicyclic) bond motifs is 1. The number of rotatable bonds is 8. The molecule has 0 radical (unpaired) electrons. The van der Waals surface area contributed by atoms with Crippen molar-refractivity contribution in [2.75, 3.05) is 0 Å². The number of benzene rings is 3. The van der Waals surface area contributed by atoms with E-state index in [0.29, 0.717) is 23.9 Å². The van der Waals surface area contributed by atoms with Crippen LogP contribution in [0.5, 0.6) is 5.75 Å². The van der Waals surface area contributed by atoms with Gasteiger partial charge in [-0.15, -0.1) is 0 Å². The van der Waals surface area contributed by atoms with Gasteiger partial charge in [0.25, 0.3) is 5.91 Å². The van der Waals surface area contributed by atoms with E-state index in [-0.39, 0.29) is 12.5 Å². The number of imidazole rings is 1. The molecule has 178 valence electrons. The molecule has 0 saturated heterocycles. The summed E-state index contributed by atoms with van der Waals surface area (Å²) in [5.74, 6) is 1.01. The van der Waals surface area contributed by atoms with E-state index in [4.69, 9.17) is 9.72 Å². The molecule has 0 aliphatic carbocycles. The Hall–Kier alpha value is -4.30.